The fourth-order valence-electron chi connectivity index (χ4n) is 3.53. The van der Waals surface area contributed by atoms with Crippen LogP contribution in [0.15, 0.2) is 0 Å². The third-order valence-electron chi connectivity index (χ3n) is 4.86. The largest absolute Gasteiger partial charge is 0.388 e. The molecule has 1 aliphatic carbocycles. The van der Waals surface area contributed by atoms with Gasteiger partial charge >= 0.3 is 0 Å². The fourth-order valence-corrected chi connectivity index (χ4v) is 3.53. The lowest BCUT2D eigenvalue weighted by Gasteiger charge is -2.38. The molecule has 0 radical (unpaired) electrons. The van der Waals surface area contributed by atoms with Gasteiger partial charge in [-0.25, -0.2) is 0 Å². The number of rotatable bonds is 4. The van der Waals surface area contributed by atoms with Gasteiger partial charge in [-0.15, -0.1) is 0 Å². The summed E-state index contributed by atoms with van der Waals surface area (Å²) in [6.07, 6.45) is 5.49. The molecule has 3 N–H and O–H groups in total. The molecule has 0 bridgehead atoms. The van der Waals surface area contributed by atoms with E-state index >= 15 is 0 Å². The van der Waals surface area contributed by atoms with Crippen LogP contribution >= 0.6 is 0 Å². The summed E-state index contributed by atoms with van der Waals surface area (Å²) in [5.74, 6) is 0.505. The van der Waals surface area contributed by atoms with Gasteiger partial charge in [0.1, 0.15) is 0 Å². The minimum atomic E-state index is -0.782. The number of amides is 1. The molecule has 2 fully saturated rings. The summed E-state index contributed by atoms with van der Waals surface area (Å²) < 4.78 is 5.28. The van der Waals surface area contributed by atoms with Crippen LogP contribution < -0.4 is 5.73 Å². The Labute approximate surface area is 121 Å². The summed E-state index contributed by atoms with van der Waals surface area (Å²) in [5, 5.41) is 10.5. The lowest BCUT2D eigenvalue weighted by atomic mass is 9.78. The van der Waals surface area contributed by atoms with Gasteiger partial charge in [-0.3, -0.25) is 4.79 Å². The molecule has 0 aromatic carbocycles. The number of likely N-dealkylation sites (N-methyl/N-ethyl adjacent to an activating group) is 1. The van der Waals surface area contributed by atoms with Crippen molar-refractivity contribution in [1.82, 2.24) is 4.90 Å². The third kappa shape index (κ3) is 3.71. The zero-order chi connectivity index (χ0) is 14.6. The lowest BCUT2D eigenvalue weighted by molar-refractivity contribution is -0.143. The van der Waals surface area contributed by atoms with Crippen molar-refractivity contribution in [1.29, 1.82) is 0 Å². The van der Waals surface area contributed by atoms with E-state index in [1.54, 1.807) is 11.9 Å². The number of nitrogens with two attached hydrogens (primary N) is 1. The van der Waals surface area contributed by atoms with Crippen molar-refractivity contribution in [3.63, 3.8) is 0 Å². The molecule has 0 spiro atoms. The highest BCUT2D eigenvalue weighted by molar-refractivity contribution is 5.79. The Morgan fingerprint density at radius 2 is 2.00 bits per heavy atom. The van der Waals surface area contributed by atoms with Crippen LogP contribution in [0.1, 0.15) is 38.5 Å². The highest BCUT2D eigenvalue weighted by atomic mass is 16.5. The Morgan fingerprint density at radius 3 is 2.65 bits per heavy atom. The fraction of sp³-hybridized carbons (Fsp3) is 0.933. The smallest absolute Gasteiger partial charge is 0.225 e. The second-order valence-electron chi connectivity index (χ2n) is 6.42. The van der Waals surface area contributed by atoms with E-state index in [1.807, 2.05) is 0 Å². The van der Waals surface area contributed by atoms with Crippen molar-refractivity contribution in [3.8, 4) is 0 Å². The molecular formula is C15H28N2O3. The van der Waals surface area contributed by atoms with Gasteiger partial charge in [0.25, 0.3) is 0 Å². The minimum absolute atomic E-state index is 0.0437. The zero-order valence-corrected chi connectivity index (χ0v) is 12.5. The monoisotopic (exact) mass is 284 g/mol. The molecule has 2 atom stereocenters. The average molecular weight is 284 g/mol. The van der Waals surface area contributed by atoms with Crippen LogP contribution in [0, 0.1) is 11.8 Å². The van der Waals surface area contributed by atoms with Crippen LogP contribution in [0.5, 0.6) is 0 Å². The van der Waals surface area contributed by atoms with Crippen molar-refractivity contribution < 1.29 is 14.6 Å². The number of hydrogen-bond acceptors (Lipinski definition) is 4. The van der Waals surface area contributed by atoms with Crippen LogP contribution in [0.4, 0.5) is 0 Å². The molecular weight excluding hydrogens is 256 g/mol. The van der Waals surface area contributed by atoms with Crippen molar-refractivity contribution >= 4 is 5.91 Å². The average Bonchev–Trinajstić information content (AvgIpc) is 2.46. The van der Waals surface area contributed by atoms with E-state index in [0.717, 1.165) is 19.3 Å². The van der Waals surface area contributed by atoms with Gasteiger partial charge in [0, 0.05) is 45.6 Å². The second-order valence-corrected chi connectivity index (χ2v) is 6.42. The van der Waals surface area contributed by atoms with E-state index in [4.69, 9.17) is 10.5 Å². The predicted molar refractivity (Wildman–Crippen MR) is 77.1 cm³/mol. The zero-order valence-electron chi connectivity index (χ0n) is 12.5. The Bertz CT molecular complexity index is 329. The lowest BCUT2D eigenvalue weighted by Crippen LogP contribution is -2.50. The molecule has 1 saturated heterocycles. The molecule has 2 unspecified atom stereocenters. The predicted octanol–water partition coefficient (Wildman–Crippen LogP) is 0.751. The maximum atomic E-state index is 12.6. The number of nitrogens with zero attached hydrogens (tertiary/aromatic N) is 1. The Kier molecular flexibility index (Phi) is 5.41. The van der Waals surface area contributed by atoms with Crippen LogP contribution in [0.3, 0.4) is 0 Å². The van der Waals surface area contributed by atoms with Gasteiger partial charge in [0.05, 0.1) is 5.60 Å². The van der Waals surface area contributed by atoms with Crippen LogP contribution in [0.25, 0.3) is 0 Å². The Morgan fingerprint density at radius 1 is 1.35 bits per heavy atom. The van der Waals surface area contributed by atoms with Crippen LogP contribution in [0.2, 0.25) is 0 Å². The summed E-state index contributed by atoms with van der Waals surface area (Å²) in [7, 11) is 1.80. The molecule has 20 heavy (non-hydrogen) atoms. The molecule has 1 aliphatic heterocycles. The van der Waals surface area contributed by atoms with Gasteiger partial charge in [-0.1, -0.05) is 12.8 Å². The Balaban J connectivity index is 1.93. The van der Waals surface area contributed by atoms with Crippen molar-refractivity contribution in [2.75, 3.05) is 33.4 Å². The number of ether oxygens (including phenoxy) is 1. The van der Waals surface area contributed by atoms with Crippen molar-refractivity contribution in [3.05, 3.63) is 0 Å². The number of carbonyl (C=O) groups is 1. The van der Waals surface area contributed by atoms with E-state index in [9.17, 15) is 9.90 Å². The maximum absolute atomic E-state index is 12.6. The first-order valence-electron chi connectivity index (χ1n) is 7.81. The van der Waals surface area contributed by atoms with Crippen LogP contribution in [-0.2, 0) is 9.53 Å². The molecule has 1 saturated carbocycles. The first kappa shape index (κ1) is 15.7. The maximum Gasteiger partial charge on any atom is 0.225 e. The van der Waals surface area contributed by atoms with E-state index in [1.165, 1.54) is 6.42 Å². The summed E-state index contributed by atoms with van der Waals surface area (Å²) in [4.78, 5) is 14.3. The summed E-state index contributed by atoms with van der Waals surface area (Å²) in [6, 6.07) is 0. The van der Waals surface area contributed by atoms with Gasteiger partial charge in [0.2, 0.25) is 5.91 Å². The van der Waals surface area contributed by atoms with Crippen molar-refractivity contribution in [2.45, 2.75) is 44.1 Å². The second kappa shape index (κ2) is 6.87. The van der Waals surface area contributed by atoms with Crippen LogP contribution in [-0.4, -0.2) is 54.9 Å². The highest BCUT2D eigenvalue weighted by Gasteiger charge is 2.36. The quantitative estimate of drug-likeness (QED) is 0.799. The number of carbonyl (C=O) groups excluding carboxylic acids is 1. The molecule has 5 heteroatoms. The number of aliphatic hydroxyl groups is 1. The van der Waals surface area contributed by atoms with E-state index in [0.29, 0.717) is 45.1 Å². The van der Waals surface area contributed by atoms with Gasteiger partial charge in [0.15, 0.2) is 0 Å². The molecule has 5 nitrogen and oxygen atoms in total. The highest BCUT2D eigenvalue weighted by Crippen LogP contribution is 2.31. The van der Waals surface area contributed by atoms with Crippen molar-refractivity contribution in [2.24, 2.45) is 17.6 Å². The SMILES string of the molecule is CN(CC1(O)CCOCC1)C(=O)C1CCCCC1CN. The Hall–Kier alpha value is -0.650. The molecule has 0 aromatic heterocycles. The third-order valence-corrected chi connectivity index (χ3v) is 4.86. The molecule has 2 rings (SSSR count). The van der Waals surface area contributed by atoms with E-state index < -0.39 is 5.60 Å². The molecule has 1 amide bonds. The summed E-state index contributed by atoms with van der Waals surface area (Å²) in [5.41, 5.74) is 5.02. The topological polar surface area (TPSA) is 75.8 Å². The summed E-state index contributed by atoms with van der Waals surface area (Å²) >= 11 is 0. The van der Waals surface area contributed by atoms with E-state index in [2.05, 4.69) is 0 Å². The summed E-state index contributed by atoms with van der Waals surface area (Å²) in [6.45, 7) is 2.14. The molecule has 0 aromatic rings. The molecule has 1 heterocycles. The standard InChI is InChI=1S/C15H28N2O3/c1-17(11-15(19)6-8-20-9-7-15)14(18)13-5-3-2-4-12(13)10-16/h12-13,19H,2-11,16H2,1H3. The minimum Gasteiger partial charge on any atom is -0.388 e. The molecule has 116 valence electrons. The first-order valence-corrected chi connectivity index (χ1v) is 7.81. The molecule has 2 aliphatic rings. The van der Waals surface area contributed by atoms with E-state index in [-0.39, 0.29) is 11.8 Å². The van der Waals surface area contributed by atoms with Gasteiger partial charge in [-0.05, 0) is 25.3 Å². The van der Waals surface area contributed by atoms with Gasteiger partial charge < -0.3 is 20.5 Å². The normalized spacial score (nSPS) is 29.9. The first-order chi connectivity index (χ1) is 9.56. The van der Waals surface area contributed by atoms with Gasteiger partial charge in [-0.2, -0.15) is 0 Å². The number of hydrogen-bond donors (Lipinski definition) is 2.